The monoisotopic (exact) mass is 656 g/mol. The smallest absolute Gasteiger partial charge is 0.243 e. The molecule has 2 rings (SSSR count). The summed E-state index contributed by atoms with van der Waals surface area (Å²) in [6, 6.07) is 6.99. The number of benzene rings is 1. The number of hydrogen-bond donors (Lipinski definition) is 5. The number of aryl methyl sites for hydroxylation is 1. The van der Waals surface area contributed by atoms with Crippen LogP contribution in [0.5, 0.6) is 0 Å². The molecule has 0 aromatic heterocycles. The largest absolute Gasteiger partial charge is 0.343 e. The van der Waals surface area contributed by atoms with Gasteiger partial charge in [-0.25, -0.2) is 0 Å². The van der Waals surface area contributed by atoms with E-state index < -0.39 is 53.5 Å². The zero-order chi connectivity index (χ0) is 35.0. The highest BCUT2D eigenvalue weighted by Gasteiger charge is 2.52. The molecule has 12 nitrogen and oxygen atoms in total. The summed E-state index contributed by atoms with van der Waals surface area (Å²) < 4.78 is 0. The average Bonchev–Trinajstić information content (AvgIpc) is 3.06. The summed E-state index contributed by atoms with van der Waals surface area (Å²) >= 11 is 0. The maximum absolute atomic E-state index is 14.5. The molecule has 12 heteroatoms. The highest BCUT2D eigenvalue weighted by Crippen LogP contribution is 2.31. The van der Waals surface area contributed by atoms with Gasteiger partial charge in [0.25, 0.3) is 0 Å². The topological polar surface area (TPSA) is 208 Å². The summed E-state index contributed by atoms with van der Waals surface area (Å²) in [5, 5.41) is 5.24. The van der Waals surface area contributed by atoms with E-state index in [2.05, 4.69) is 10.6 Å². The number of likely N-dealkylation sites (N-methyl/N-ethyl adjacent to an activating group) is 1. The summed E-state index contributed by atoms with van der Waals surface area (Å²) in [5.74, 6) is -4.26. The Bertz CT molecular complexity index is 1190. The van der Waals surface area contributed by atoms with E-state index in [4.69, 9.17) is 17.2 Å². The van der Waals surface area contributed by atoms with Crippen LogP contribution in [-0.2, 0) is 35.2 Å². The molecule has 262 valence electrons. The molecule has 0 heterocycles. The van der Waals surface area contributed by atoms with Crippen molar-refractivity contribution in [3.63, 3.8) is 0 Å². The van der Waals surface area contributed by atoms with Gasteiger partial charge in [0.2, 0.25) is 17.7 Å². The van der Waals surface area contributed by atoms with E-state index in [-0.39, 0.29) is 43.6 Å². The van der Waals surface area contributed by atoms with Crippen LogP contribution in [0, 0.1) is 17.8 Å². The van der Waals surface area contributed by atoms with Crippen molar-refractivity contribution in [2.45, 2.75) is 102 Å². The van der Waals surface area contributed by atoms with Gasteiger partial charge in [0, 0.05) is 13.5 Å². The van der Waals surface area contributed by atoms with E-state index in [9.17, 15) is 28.8 Å². The molecule has 1 aromatic carbocycles. The summed E-state index contributed by atoms with van der Waals surface area (Å²) in [5.41, 5.74) is 16.1. The van der Waals surface area contributed by atoms with Crippen LogP contribution in [-0.4, -0.2) is 84.8 Å². The van der Waals surface area contributed by atoms with E-state index in [1.807, 2.05) is 44.2 Å². The van der Waals surface area contributed by atoms with Crippen molar-refractivity contribution < 1.29 is 28.8 Å². The molecule has 1 aliphatic rings. The van der Waals surface area contributed by atoms with Crippen LogP contribution in [0.2, 0.25) is 0 Å². The number of aldehydes is 1. The lowest BCUT2D eigenvalue weighted by atomic mass is 9.71. The Labute approximate surface area is 279 Å². The Morgan fingerprint density at radius 3 is 2.28 bits per heavy atom. The number of amides is 3. The van der Waals surface area contributed by atoms with Gasteiger partial charge in [-0.05, 0) is 56.0 Å². The second-order valence-electron chi connectivity index (χ2n) is 13.3. The Hall–Kier alpha value is -3.48. The summed E-state index contributed by atoms with van der Waals surface area (Å²) in [7, 11) is 1.48. The number of ketones is 2. The lowest BCUT2D eigenvalue weighted by Gasteiger charge is -2.39. The number of Topliss-reactive ketones (excluding diaryl/α,β-unsaturated/α-hetero) is 2. The number of nitrogens with one attached hydrogen (secondary N) is 2. The first-order valence-electron chi connectivity index (χ1n) is 17.0. The van der Waals surface area contributed by atoms with Gasteiger partial charge in [-0.3, -0.25) is 24.0 Å². The van der Waals surface area contributed by atoms with Crippen molar-refractivity contribution >= 4 is 35.6 Å². The molecule has 1 saturated carbocycles. The Morgan fingerprint density at radius 2 is 1.70 bits per heavy atom. The third-order valence-corrected chi connectivity index (χ3v) is 9.03. The van der Waals surface area contributed by atoms with Gasteiger partial charge in [0.05, 0.1) is 25.0 Å². The molecule has 0 bridgehead atoms. The third kappa shape index (κ3) is 12.2. The minimum absolute atomic E-state index is 0.0125. The van der Waals surface area contributed by atoms with Gasteiger partial charge >= 0.3 is 0 Å². The van der Waals surface area contributed by atoms with Crippen molar-refractivity contribution in [2.75, 3.05) is 26.7 Å². The molecule has 0 spiro atoms. The fraction of sp³-hybridized carbons (Fsp3) is 0.657. The van der Waals surface area contributed by atoms with Crippen LogP contribution in [0.15, 0.2) is 30.3 Å². The molecule has 1 fully saturated rings. The maximum Gasteiger partial charge on any atom is 0.243 e. The molecule has 1 unspecified atom stereocenters. The fourth-order valence-corrected chi connectivity index (χ4v) is 6.41. The summed E-state index contributed by atoms with van der Waals surface area (Å²) in [6.07, 6.45) is 6.64. The minimum Gasteiger partial charge on any atom is -0.343 e. The predicted molar refractivity (Wildman–Crippen MR) is 181 cm³/mol. The van der Waals surface area contributed by atoms with E-state index >= 15 is 0 Å². The Balaban J connectivity index is 2.61. The van der Waals surface area contributed by atoms with Crippen LogP contribution in [0.25, 0.3) is 0 Å². The zero-order valence-corrected chi connectivity index (χ0v) is 28.4. The number of nitrogens with zero attached hydrogens (tertiary/aromatic N) is 1. The van der Waals surface area contributed by atoms with Gasteiger partial charge in [-0.15, -0.1) is 0 Å². The normalized spacial score (nSPS) is 16.7. The standard InChI is InChI=1S/C35H56N6O6/c1-24(2)19-29(39-31(44)21-37)34(47)40-35(23-42,33(46)28(38)20-26-13-8-5-9-14-26)27(17-16-25-11-6-4-7-12-25)30(43)22-41(3)32(45)15-10-18-36/h4,6-7,11-12,23-24,26-29H,5,8-10,13-22,36-38H2,1-3H3,(H,39,44)(H,40,47)/t27?,28-,29-,35-/m0/s1. The first-order chi connectivity index (χ1) is 22.4. The van der Waals surface area contributed by atoms with E-state index in [1.54, 1.807) is 0 Å². The summed E-state index contributed by atoms with van der Waals surface area (Å²) in [6.45, 7) is 3.26. The molecule has 0 aliphatic heterocycles. The van der Waals surface area contributed by atoms with Crippen molar-refractivity contribution in [2.24, 2.45) is 35.0 Å². The second-order valence-corrected chi connectivity index (χ2v) is 13.3. The minimum atomic E-state index is -2.35. The van der Waals surface area contributed by atoms with Gasteiger partial charge in [0.15, 0.2) is 23.4 Å². The maximum atomic E-state index is 14.5. The Morgan fingerprint density at radius 1 is 1.04 bits per heavy atom. The SMILES string of the molecule is CC(C)C[C@H](NC(=O)CN)C(=O)N[C@](C=O)(C(=O)[C@@H](N)CC1CCCCC1)C(CCc1ccccc1)C(=O)CN(C)C(=O)CCCN. The molecule has 8 N–H and O–H groups in total. The number of rotatable bonds is 21. The Kier molecular flexibility index (Phi) is 16.9. The summed E-state index contributed by atoms with van der Waals surface area (Å²) in [4.78, 5) is 82.4. The molecule has 0 radical (unpaired) electrons. The highest BCUT2D eigenvalue weighted by molar-refractivity contribution is 6.13. The third-order valence-electron chi connectivity index (χ3n) is 9.03. The van der Waals surface area contributed by atoms with E-state index in [1.165, 1.54) is 11.9 Å². The highest BCUT2D eigenvalue weighted by atomic mass is 16.2. The van der Waals surface area contributed by atoms with Gasteiger partial charge in [-0.2, -0.15) is 0 Å². The average molecular weight is 657 g/mol. The molecule has 47 heavy (non-hydrogen) atoms. The number of nitrogens with two attached hydrogens (primary N) is 3. The lowest BCUT2D eigenvalue weighted by Crippen LogP contribution is -2.69. The molecular formula is C35H56N6O6. The van der Waals surface area contributed by atoms with Crippen LogP contribution in [0.4, 0.5) is 0 Å². The van der Waals surface area contributed by atoms with Crippen molar-refractivity contribution in [3.8, 4) is 0 Å². The van der Waals surface area contributed by atoms with E-state index in [0.29, 0.717) is 32.1 Å². The van der Waals surface area contributed by atoms with Crippen LogP contribution in [0.3, 0.4) is 0 Å². The van der Waals surface area contributed by atoms with Crippen molar-refractivity contribution in [1.29, 1.82) is 0 Å². The predicted octanol–water partition coefficient (Wildman–Crippen LogP) is 1.41. The molecule has 1 aliphatic carbocycles. The number of carbonyl (C=O) groups excluding carboxylic acids is 6. The second kappa shape index (κ2) is 20.0. The molecule has 3 amide bonds. The van der Waals surface area contributed by atoms with Crippen molar-refractivity contribution in [1.82, 2.24) is 15.5 Å². The molecule has 0 saturated heterocycles. The van der Waals surface area contributed by atoms with Gasteiger partial charge in [-0.1, -0.05) is 76.3 Å². The first kappa shape index (κ1) is 39.7. The molecule has 1 aromatic rings. The molecule has 4 atom stereocenters. The van der Waals surface area contributed by atoms with Crippen LogP contribution in [0.1, 0.15) is 83.6 Å². The zero-order valence-electron chi connectivity index (χ0n) is 28.4. The van der Waals surface area contributed by atoms with Gasteiger partial charge in [0.1, 0.15) is 6.04 Å². The van der Waals surface area contributed by atoms with Crippen molar-refractivity contribution in [3.05, 3.63) is 35.9 Å². The fourth-order valence-electron chi connectivity index (χ4n) is 6.41. The quantitative estimate of drug-likeness (QED) is 0.0956. The number of carbonyl (C=O) groups is 6. The first-order valence-corrected chi connectivity index (χ1v) is 17.0. The van der Waals surface area contributed by atoms with Crippen LogP contribution >= 0.6 is 0 Å². The lowest BCUT2D eigenvalue weighted by molar-refractivity contribution is -0.146. The van der Waals surface area contributed by atoms with Crippen LogP contribution < -0.4 is 27.8 Å². The van der Waals surface area contributed by atoms with E-state index in [0.717, 1.165) is 37.7 Å². The van der Waals surface area contributed by atoms with Gasteiger partial charge < -0.3 is 37.5 Å². The molecular weight excluding hydrogens is 600 g/mol. The number of hydrogen-bond acceptors (Lipinski definition) is 9.